The Morgan fingerprint density at radius 2 is 2.26 bits per heavy atom. The molecule has 0 spiro atoms. The molecule has 2 heterocycles. The third-order valence-electron chi connectivity index (χ3n) is 2.81. The molecule has 2 rings (SSSR count). The van der Waals surface area contributed by atoms with Crippen molar-refractivity contribution in [2.45, 2.75) is 13.3 Å². The number of carbonyl (C=O) groups is 2. The minimum Gasteiger partial charge on any atom is -0.309 e. The standard InChI is InChI=1S/C12H12Cl2N2O2S/c1-7(17)19-6-8-4-11(18)16(5-8)9-2-3-10(13)15-12(9)14/h2-3,8H,4-6H2,1H3. The summed E-state index contributed by atoms with van der Waals surface area (Å²) in [7, 11) is 0. The second kappa shape index (κ2) is 6.11. The molecule has 1 amide bonds. The summed E-state index contributed by atoms with van der Waals surface area (Å²) in [4.78, 5) is 28.5. The number of amides is 1. The van der Waals surface area contributed by atoms with Crippen molar-refractivity contribution in [1.82, 2.24) is 4.98 Å². The van der Waals surface area contributed by atoms with Gasteiger partial charge in [0.15, 0.2) is 10.3 Å². The molecular weight excluding hydrogens is 307 g/mol. The molecule has 0 aromatic carbocycles. The van der Waals surface area contributed by atoms with Crippen molar-refractivity contribution in [3.8, 4) is 0 Å². The fourth-order valence-corrected chi connectivity index (χ4v) is 3.11. The summed E-state index contributed by atoms with van der Waals surface area (Å²) in [6.45, 7) is 2.08. The van der Waals surface area contributed by atoms with Crippen molar-refractivity contribution in [2.75, 3.05) is 17.2 Å². The molecule has 1 aliphatic heterocycles. The second-order valence-electron chi connectivity index (χ2n) is 4.32. The summed E-state index contributed by atoms with van der Waals surface area (Å²) in [5.74, 6) is 0.809. The highest BCUT2D eigenvalue weighted by molar-refractivity contribution is 8.13. The van der Waals surface area contributed by atoms with Crippen LogP contribution in [-0.2, 0) is 9.59 Å². The molecule has 0 saturated carbocycles. The Morgan fingerprint density at radius 3 is 2.89 bits per heavy atom. The maximum atomic E-state index is 12.0. The van der Waals surface area contributed by atoms with Crippen LogP contribution in [0.4, 0.5) is 5.69 Å². The van der Waals surface area contributed by atoms with Gasteiger partial charge in [0, 0.05) is 25.6 Å². The first-order chi connectivity index (χ1) is 8.97. The van der Waals surface area contributed by atoms with E-state index in [4.69, 9.17) is 23.2 Å². The van der Waals surface area contributed by atoms with E-state index in [9.17, 15) is 9.59 Å². The van der Waals surface area contributed by atoms with Gasteiger partial charge in [-0.05, 0) is 18.1 Å². The van der Waals surface area contributed by atoms with Gasteiger partial charge in [0.1, 0.15) is 5.15 Å². The van der Waals surface area contributed by atoms with E-state index in [1.807, 2.05) is 0 Å². The predicted molar refractivity (Wildman–Crippen MR) is 77.9 cm³/mol. The summed E-state index contributed by atoms with van der Waals surface area (Å²) >= 11 is 13.0. The van der Waals surface area contributed by atoms with Crippen molar-refractivity contribution in [1.29, 1.82) is 0 Å². The highest BCUT2D eigenvalue weighted by Crippen LogP contribution is 2.32. The molecule has 1 aliphatic rings. The first-order valence-corrected chi connectivity index (χ1v) is 7.47. The highest BCUT2D eigenvalue weighted by atomic mass is 35.5. The quantitative estimate of drug-likeness (QED) is 0.804. The number of carbonyl (C=O) groups excluding carboxylic acids is 2. The Balaban J connectivity index is 2.09. The third-order valence-corrected chi connectivity index (χ3v) is 4.35. The van der Waals surface area contributed by atoms with Gasteiger partial charge in [-0.25, -0.2) is 4.98 Å². The van der Waals surface area contributed by atoms with Crippen LogP contribution >= 0.6 is 35.0 Å². The second-order valence-corrected chi connectivity index (χ2v) is 6.26. The van der Waals surface area contributed by atoms with Gasteiger partial charge in [0.25, 0.3) is 0 Å². The van der Waals surface area contributed by atoms with E-state index in [0.29, 0.717) is 29.6 Å². The molecule has 1 aromatic rings. The summed E-state index contributed by atoms with van der Waals surface area (Å²) in [6, 6.07) is 3.30. The van der Waals surface area contributed by atoms with Gasteiger partial charge in [-0.15, -0.1) is 0 Å². The lowest BCUT2D eigenvalue weighted by atomic mass is 10.1. The van der Waals surface area contributed by atoms with Crippen LogP contribution in [0.15, 0.2) is 12.1 Å². The molecular formula is C12H12Cl2N2O2S. The zero-order valence-electron chi connectivity index (χ0n) is 10.2. The van der Waals surface area contributed by atoms with Crippen molar-refractivity contribution in [2.24, 2.45) is 5.92 Å². The molecule has 1 aromatic heterocycles. The lowest BCUT2D eigenvalue weighted by molar-refractivity contribution is -0.117. The monoisotopic (exact) mass is 318 g/mol. The van der Waals surface area contributed by atoms with E-state index in [2.05, 4.69) is 4.98 Å². The van der Waals surface area contributed by atoms with Crippen LogP contribution in [0.5, 0.6) is 0 Å². The SMILES string of the molecule is CC(=O)SCC1CC(=O)N(c2ccc(Cl)nc2Cl)C1. The van der Waals surface area contributed by atoms with E-state index in [1.54, 1.807) is 17.0 Å². The smallest absolute Gasteiger partial charge is 0.227 e. The number of halogens is 2. The number of hydrogen-bond donors (Lipinski definition) is 0. The van der Waals surface area contributed by atoms with Gasteiger partial charge < -0.3 is 4.90 Å². The lowest BCUT2D eigenvalue weighted by Gasteiger charge is -2.17. The van der Waals surface area contributed by atoms with Crippen LogP contribution in [-0.4, -0.2) is 28.3 Å². The number of nitrogens with zero attached hydrogens (tertiary/aromatic N) is 2. The Kier molecular flexibility index (Phi) is 4.71. The number of hydrogen-bond acceptors (Lipinski definition) is 4. The Bertz CT molecular complexity index is 524. The van der Waals surface area contributed by atoms with Gasteiger partial charge in [-0.3, -0.25) is 9.59 Å². The summed E-state index contributed by atoms with van der Waals surface area (Å²) < 4.78 is 0. The van der Waals surface area contributed by atoms with E-state index in [1.165, 1.54) is 18.7 Å². The van der Waals surface area contributed by atoms with E-state index in [0.717, 1.165) is 0 Å². The van der Waals surface area contributed by atoms with Crippen LogP contribution in [0.25, 0.3) is 0 Å². The first-order valence-electron chi connectivity index (χ1n) is 5.73. The van der Waals surface area contributed by atoms with Crippen LogP contribution < -0.4 is 4.90 Å². The third kappa shape index (κ3) is 3.61. The zero-order chi connectivity index (χ0) is 14.0. The van der Waals surface area contributed by atoms with Crippen molar-refractivity contribution in [3.63, 3.8) is 0 Å². The molecule has 7 heteroatoms. The normalized spacial score (nSPS) is 19.0. The molecule has 1 atom stereocenters. The fraction of sp³-hybridized carbons (Fsp3) is 0.417. The van der Waals surface area contributed by atoms with E-state index < -0.39 is 0 Å². The van der Waals surface area contributed by atoms with E-state index in [-0.39, 0.29) is 22.1 Å². The molecule has 0 N–H and O–H groups in total. The molecule has 0 aliphatic carbocycles. The first kappa shape index (κ1) is 14.6. The summed E-state index contributed by atoms with van der Waals surface area (Å²) in [6.07, 6.45) is 0.430. The average Bonchev–Trinajstić information content (AvgIpc) is 2.68. The van der Waals surface area contributed by atoms with Crippen LogP contribution in [0.3, 0.4) is 0 Å². The topological polar surface area (TPSA) is 50.3 Å². The number of rotatable bonds is 3. The number of anilines is 1. The summed E-state index contributed by atoms with van der Waals surface area (Å²) in [5, 5.41) is 0.585. The molecule has 4 nitrogen and oxygen atoms in total. The minimum absolute atomic E-state index is 0.000162. The molecule has 1 saturated heterocycles. The van der Waals surface area contributed by atoms with Gasteiger partial charge >= 0.3 is 0 Å². The van der Waals surface area contributed by atoms with Crippen molar-refractivity contribution in [3.05, 3.63) is 22.4 Å². The number of pyridine rings is 1. The van der Waals surface area contributed by atoms with E-state index >= 15 is 0 Å². The average molecular weight is 319 g/mol. The summed E-state index contributed by atoms with van der Waals surface area (Å²) in [5.41, 5.74) is 0.575. The number of aromatic nitrogens is 1. The molecule has 1 fully saturated rings. The van der Waals surface area contributed by atoms with Gasteiger partial charge in [0.2, 0.25) is 5.91 Å². The Labute approximate surface area is 125 Å². The van der Waals surface area contributed by atoms with Crippen LogP contribution in [0, 0.1) is 5.92 Å². The predicted octanol–water partition coefficient (Wildman–Crippen LogP) is 3.02. The van der Waals surface area contributed by atoms with Crippen molar-refractivity contribution >= 4 is 51.7 Å². The van der Waals surface area contributed by atoms with Crippen LogP contribution in [0.2, 0.25) is 10.3 Å². The molecule has 19 heavy (non-hydrogen) atoms. The van der Waals surface area contributed by atoms with Gasteiger partial charge in [0.05, 0.1) is 5.69 Å². The Hall–Kier alpha value is -0.780. The molecule has 1 unspecified atom stereocenters. The Morgan fingerprint density at radius 1 is 1.53 bits per heavy atom. The maximum Gasteiger partial charge on any atom is 0.227 e. The van der Waals surface area contributed by atoms with Gasteiger partial charge in [-0.1, -0.05) is 35.0 Å². The van der Waals surface area contributed by atoms with Crippen LogP contribution in [0.1, 0.15) is 13.3 Å². The largest absolute Gasteiger partial charge is 0.309 e. The molecule has 0 bridgehead atoms. The number of thioether (sulfide) groups is 1. The minimum atomic E-state index is 0.000162. The van der Waals surface area contributed by atoms with Crippen molar-refractivity contribution < 1.29 is 9.59 Å². The lowest BCUT2D eigenvalue weighted by Crippen LogP contribution is -2.25. The highest BCUT2D eigenvalue weighted by Gasteiger charge is 2.32. The molecule has 102 valence electrons. The van der Waals surface area contributed by atoms with Gasteiger partial charge in [-0.2, -0.15) is 0 Å². The maximum absolute atomic E-state index is 12.0. The zero-order valence-corrected chi connectivity index (χ0v) is 12.6. The fourth-order valence-electron chi connectivity index (χ4n) is 1.97. The molecule has 0 radical (unpaired) electrons.